The molecule has 0 amide bonds. The number of rotatable bonds is 10. The molecule has 0 aliphatic carbocycles. The van der Waals surface area contributed by atoms with Gasteiger partial charge in [-0.1, -0.05) is 18.2 Å². The van der Waals surface area contributed by atoms with E-state index in [0.29, 0.717) is 28.4 Å². The molecule has 0 N–H and O–H groups in total. The zero-order valence-corrected chi connectivity index (χ0v) is 21.2. The minimum absolute atomic E-state index is 0.101. The molecule has 0 unspecified atom stereocenters. The van der Waals surface area contributed by atoms with Crippen LogP contribution in [0.4, 0.5) is 8.78 Å². The van der Waals surface area contributed by atoms with Crippen LogP contribution in [0.2, 0.25) is 0 Å². The monoisotopic (exact) mass is 520 g/mol. The van der Waals surface area contributed by atoms with E-state index in [0.717, 1.165) is 6.07 Å². The highest BCUT2D eigenvalue weighted by Gasteiger charge is 2.23. The van der Waals surface area contributed by atoms with Crippen LogP contribution in [0.3, 0.4) is 0 Å². The van der Waals surface area contributed by atoms with Gasteiger partial charge in [0.25, 0.3) is 0 Å². The van der Waals surface area contributed by atoms with Crippen LogP contribution in [0.25, 0.3) is 12.2 Å². The van der Waals surface area contributed by atoms with Gasteiger partial charge in [0.2, 0.25) is 5.75 Å². The summed E-state index contributed by atoms with van der Waals surface area (Å²) in [6, 6.07) is 9.57. The SMILES string of the molecule is COc1ccc(S(=O)(=O)Cc2c(/C=C\c3cc(OC)c(OC)c(OC)c3)ccc(OC)c2F)cc1F. The molecule has 7 nitrogen and oxygen atoms in total. The Hall–Kier alpha value is -3.79. The van der Waals surface area contributed by atoms with Crippen molar-refractivity contribution in [2.45, 2.75) is 10.6 Å². The topological polar surface area (TPSA) is 80.3 Å². The van der Waals surface area contributed by atoms with E-state index in [4.69, 9.17) is 23.7 Å². The van der Waals surface area contributed by atoms with Gasteiger partial charge in [0.1, 0.15) is 0 Å². The molecule has 0 saturated carbocycles. The second kappa shape index (κ2) is 11.3. The van der Waals surface area contributed by atoms with E-state index < -0.39 is 27.2 Å². The van der Waals surface area contributed by atoms with Gasteiger partial charge in [-0.2, -0.15) is 0 Å². The molecule has 0 atom stereocenters. The summed E-state index contributed by atoms with van der Waals surface area (Å²) in [5.41, 5.74) is 0.792. The first kappa shape index (κ1) is 26.8. The molecule has 0 aliphatic rings. The minimum atomic E-state index is -4.13. The molecule has 0 spiro atoms. The van der Waals surface area contributed by atoms with Crippen LogP contribution in [-0.2, 0) is 15.6 Å². The Balaban J connectivity index is 2.06. The van der Waals surface area contributed by atoms with E-state index >= 15 is 4.39 Å². The largest absolute Gasteiger partial charge is 0.494 e. The lowest BCUT2D eigenvalue weighted by atomic mass is 10.1. The Morgan fingerprint density at radius 1 is 0.722 bits per heavy atom. The van der Waals surface area contributed by atoms with Gasteiger partial charge in [0.05, 0.1) is 46.2 Å². The lowest BCUT2D eigenvalue weighted by Gasteiger charge is -2.14. The zero-order chi connectivity index (χ0) is 26.5. The average Bonchev–Trinajstić information content (AvgIpc) is 2.88. The van der Waals surface area contributed by atoms with Gasteiger partial charge >= 0.3 is 0 Å². The third kappa shape index (κ3) is 5.54. The van der Waals surface area contributed by atoms with E-state index in [1.54, 1.807) is 24.3 Å². The molecule has 0 fully saturated rings. The highest BCUT2D eigenvalue weighted by molar-refractivity contribution is 7.90. The fraction of sp³-hybridized carbons (Fsp3) is 0.231. The Bertz CT molecular complexity index is 1360. The maximum absolute atomic E-state index is 15.3. The third-order valence-electron chi connectivity index (χ3n) is 5.42. The molecule has 3 aromatic rings. The number of sulfone groups is 1. The summed E-state index contributed by atoms with van der Waals surface area (Å²) in [6.45, 7) is 0. The van der Waals surface area contributed by atoms with Crippen LogP contribution >= 0.6 is 0 Å². The Morgan fingerprint density at radius 3 is 1.83 bits per heavy atom. The van der Waals surface area contributed by atoms with Gasteiger partial charge in [-0.05, 0) is 47.5 Å². The van der Waals surface area contributed by atoms with Gasteiger partial charge in [0.15, 0.2) is 44.5 Å². The van der Waals surface area contributed by atoms with Crippen LogP contribution in [0.15, 0.2) is 47.4 Å². The fourth-order valence-electron chi connectivity index (χ4n) is 3.57. The van der Waals surface area contributed by atoms with Gasteiger partial charge in [-0.15, -0.1) is 0 Å². The molecular weight excluding hydrogens is 494 g/mol. The second-order valence-electron chi connectivity index (χ2n) is 7.50. The Morgan fingerprint density at radius 2 is 1.31 bits per heavy atom. The number of methoxy groups -OCH3 is 5. The normalized spacial score (nSPS) is 11.4. The van der Waals surface area contributed by atoms with Gasteiger partial charge < -0.3 is 23.7 Å². The van der Waals surface area contributed by atoms with Crippen molar-refractivity contribution in [1.29, 1.82) is 0 Å². The first-order chi connectivity index (χ1) is 17.2. The lowest BCUT2D eigenvalue weighted by Crippen LogP contribution is -2.09. The summed E-state index contributed by atoms with van der Waals surface area (Å²) in [5, 5.41) is 0. The summed E-state index contributed by atoms with van der Waals surface area (Å²) in [5.74, 6) is -1.37. The van der Waals surface area contributed by atoms with Crippen molar-refractivity contribution >= 4 is 22.0 Å². The molecule has 192 valence electrons. The van der Waals surface area contributed by atoms with E-state index in [1.165, 1.54) is 59.8 Å². The quantitative estimate of drug-likeness (QED) is 0.342. The highest BCUT2D eigenvalue weighted by atomic mass is 32.2. The highest BCUT2D eigenvalue weighted by Crippen LogP contribution is 2.39. The van der Waals surface area contributed by atoms with Gasteiger partial charge in [-0.25, -0.2) is 17.2 Å². The van der Waals surface area contributed by atoms with Crippen molar-refractivity contribution in [3.05, 3.63) is 70.8 Å². The molecule has 3 rings (SSSR count). The third-order valence-corrected chi connectivity index (χ3v) is 7.06. The molecule has 0 saturated heterocycles. The molecular formula is C26H26F2O7S. The van der Waals surface area contributed by atoms with Gasteiger partial charge in [-0.3, -0.25) is 0 Å². The molecule has 0 aromatic heterocycles. The van der Waals surface area contributed by atoms with Crippen molar-refractivity contribution < 1.29 is 40.9 Å². The van der Waals surface area contributed by atoms with E-state index in [-0.39, 0.29) is 22.0 Å². The number of ether oxygens (including phenoxy) is 5. The van der Waals surface area contributed by atoms with Crippen LogP contribution in [0.5, 0.6) is 28.7 Å². The molecule has 3 aromatic carbocycles. The lowest BCUT2D eigenvalue weighted by molar-refractivity contribution is 0.324. The zero-order valence-electron chi connectivity index (χ0n) is 20.4. The van der Waals surface area contributed by atoms with E-state index in [9.17, 15) is 12.8 Å². The minimum Gasteiger partial charge on any atom is -0.494 e. The van der Waals surface area contributed by atoms with Crippen LogP contribution in [-0.4, -0.2) is 44.0 Å². The number of hydrogen-bond acceptors (Lipinski definition) is 7. The molecule has 0 bridgehead atoms. The summed E-state index contributed by atoms with van der Waals surface area (Å²) in [6.07, 6.45) is 3.21. The van der Waals surface area contributed by atoms with Crippen molar-refractivity contribution in [2.24, 2.45) is 0 Å². The summed E-state index contributed by atoms with van der Waals surface area (Å²) >= 11 is 0. The Labute approximate surface area is 208 Å². The summed E-state index contributed by atoms with van der Waals surface area (Å²) < 4.78 is 81.5. The number of hydrogen-bond donors (Lipinski definition) is 0. The second-order valence-corrected chi connectivity index (χ2v) is 9.49. The number of halogens is 2. The first-order valence-corrected chi connectivity index (χ1v) is 12.2. The first-order valence-electron chi connectivity index (χ1n) is 10.6. The number of benzene rings is 3. The van der Waals surface area contributed by atoms with Crippen LogP contribution in [0, 0.1) is 11.6 Å². The predicted octanol–water partition coefficient (Wildman–Crippen LogP) is 5.15. The Kier molecular flexibility index (Phi) is 8.41. The predicted molar refractivity (Wildman–Crippen MR) is 132 cm³/mol. The average molecular weight is 521 g/mol. The molecule has 0 heterocycles. The van der Waals surface area contributed by atoms with Crippen molar-refractivity contribution in [2.75, 3.05) is 35.5 Å². The smallest absolute Gasteiger partial charge is 0.203 e. The maximum atomic E-state index is 15.3. The van der Waals surface area contributed by atoms with Crippen molar-refractivity contribution in [1.82, 2.24) is 0 Å². The van der Waals surface area contributed by atoms with Crippen LogP contribution in [0.1, 0.15) is 16.7 Å². The molecule has 0 radical (unpaired) electrons. The standard InChI is InChI=1S/C26H26F2O7S/c1-31-21-11-9-18(14-20(21)27)36(29,30)15-19-17(8-10-22(32-2)25(19)28)7-6-16-12-23(33-3)26(35-5)24(13-16)34-4/h6-14H,15H2,1-5H3/b7-6-. The van der Waals surface area contributed by atoms with Crippen molar-refractivity contribution in [3.63, 3.8) is 0 Å². The summed E-state index contributed by atoms with van der Waals surface area (Å²) in [7, 11) is 2.87. The molecule has 0 aliphatic heterocycles. The van der Waals surface area contributed by atoms with E-state index in [1.807, 2.05) is 0 Å². The summed E-state index contributed by atoms with van der Waals surface area (Å²) in [4.78, 5) is -0.303. The van der Waals surface area contributed by atoms with Crippen molar-refractivity contribution in [3.8, 4) is 28.7 Å². The molecule has 36 heavy (non-hydrogen) atoms. The fourth-order valence-corrected chi connectivity index (χ4v) is 4.97. The maximum Gasteiger partial charge on any atom is 0.203 e. The molecule has 10 heteroatoms. The van der Waals surface area contributed by atoms with E-state index in [2.05, 4.69) is 0 Å². The van der Waals surface area contributed by atoms with Crippen LogP contribution < -0.4 is 23.7 Å². The van der Waals surface area contributed by atoms with Gasteiger partial charge in [0, 0.05) is 5.56 Å².